The van der Waals surface area contributed by atoms with E-state index in [9.17, 15) is 13.2 Å². The maximum absolute atomic E-state index is 11.5. The van der Waals surface area contributed by atoms with Crippen LogP contribution in [0.3, 0.4) is 0 Å². The fraction of sp³-hybridized carbons (Fsp3) is 0.300. The highest BCUT2D eigenvalue weighted by Gasteiger charge is 2.15. The quantitative estimate of drug-likeness (QED) is 0.814. The van der Waals surface area contributed by atoms with Crippen molar-refractivity contribution in [2.45, 2.75) is 19.9 Å². The molecule has 88 valence electrons. The molecule has 5 nitrogen and oxygen atoms in total. The van der Waals surface area contributed by atoms with Crippen molar-refractivity contribution in [1.29, 1.82) is 0 Å². The van der Waals surface area contributed by atoms with Gasteiger partial charge in [0.05, 0.1) is 0 Å². The summed E-state index contributed by atoms with van der Waals surface area (Å²) in [6, 6.07) is 7.90. The van der Waals surface area contributed by atoms with Crippen LogP contribution in [0.15, 0.2) is 30.3 Å². The lowest BCUT2D eigenvalue weighted by Gasteiger charge is -2.10. The van der Waals surface area contributed by atoms with E-state index < -0.39 is 16.1 Å². The number of amides is 1. The fourth-order valence-corrected chi connectivity index (χ4v) is 2.15. The van der Waals surface area contributed by atoms with Gasteiger partial charge in [0.25, 0.3) is 5.91 Å². The van der Waals surface area contributed by atoms with Gasteiger partial charge in [0.2, 0.25) is 0 Å². The van der Waals surface area contributed by atoms with Crippen molar-refractivity contribution in [1.82, 2.24) is 9.44 Å². The average Bonchev–Trinajstić information content (AvgIpc) is 2.16. The maximum atomic E-state index is 11.5. The minimum absolute atomic E-state index is 0.263. The normalized spacial score (nSPS) is 11.4. The highest BCUT2D eigenvalue weighted by molar-refractivity contribution is 7.88. The van der Waals surface area contributed by atoms with Crippen LogP contribution < -0.4 is 9.44 Å². The Morgan fingerprint density at radius 1 is 1.19 bits per heavy atom. The molecule has 0 aromatic heterocycles. The molecule has 1 aromatic carbocycles. The molecular weight excluding hydrogens is 228 g/mol. The van der Waals surface area contributed by atoms with Crippen LogP contribution in [0.25, 0.3) is 0 Å². The Labute approximate surface area is 95.0 Å². The zero-order valence-electron chi connectivity index (χ0n) is 9.10. The van der Waals surface area contributed by atoms with E-state index in [0.29, 0.717) is 5.56 Å². The summed E-state index contributed by atoms with van der Waals surface area (Å²) in [4.78, 5) is 11.5. The van der Waals surface area contributed by atoms with Gasteiger partial charge < -0.3 is 0 Å². The van der Waals surface area contributed by atoms with E-state index in [1.165, 1.54) is 0 Å². The molecule has 0 aliphatic rings. The van der Waals surface area contributed by atoms with Gasteiger partial charge in [0.1, 0.15) is 0 Å². The lowest BCUT2D eigenvalue weighted by molar-refractivity contribution is 0.0981. The van der Waals surface area contributed by atoms with Crippen molar-refractivity contribution in [3.63, 3.8) is 0 Å². The van der Waals surface area contributed by atoms with E-state index in [4.69, 9.17) is 0 Å². The second-order valence-electron chi connectivity index (χ2n) is 3.57. The predicted molar refractivity (Wildman–Crippen MR) is 61.1 cm³/mol. The lowest BCUT2D eigenvalue weighted by atomic mass is 10.2. The minimum Gasteiger partial charge on any atom is -0.268 e. The van der Waals surface area contributed by atoms with Crippen molar-refractivity contribution < 1.29 is 13.2 Å². The predicted octanol–water partition coefficient (Wildman–Crippen LogP) is 0.659. The number of hydrogen-bond donors (Lipinski definition) is 2. The van der Waals surface area contributed by atoms with Gasteiger partial charge in [-0.15, -0.1) is 0 Å². The van der Waals surface area contributed by atoms with E-state index in [1.807, 2.05) is 4.72 Å². The molecule has 6 heteroatoms. The highest BCUT2D eigenvalue weighted by atomic mass is 32.2. The summed E-state index contributed by atoms with van der Waals surface area (Å²) in [5.74, 6) is -0.645. The molecule has 0 atom stereocenters. The van der Waals surface area contributed by atoms with Crippen molar-refractivity contribution >= 4 is 16.1 Å². The molecule has 1 aromatic rings. The standard InChI is InChI=1S/C10H14N2O3S/c1-8(2)11-16(14,15)12-10(13)9-6-4-3-5-7-9/h3-8,11H,1-2H3,(H,12,13). The molecule has 0 unspecified atom stereocenters. The van der Waals surface area contributed by atoms with Crippen LogP contribution in [0.1, 0.15) is 24.2 Å². The lowest BCUT2D eigenvalue weighted by Crippen LogP contribution is -2.43. The van der Waals surface area contributed by atoms with Crippen LogP contribution in [-0.2, 0) is 10.2 Å². The van der Waals surface area contributed by atoms with Gasteiger partial charge in [0.15, 0.2) is 0 Å². The third-order valence-electron chi connectivity index (χ3n) is 1.65. The van der Waals surface area contributed by atoms with E-state index in [-0.39, 0.29) is 6.04 Å². The molecule has 16 heavy (non-hydrogen) atoms. The fourth-order valence-electron chi connectivity index (χ4n) is 1.11. The SMILES string of the molecule is CC(C)NS(=O)(=O)NC(=O)c1ccccc1. The Kier molecular flexibility index (Phi) is 4.03. The Balaban J connectivity index is 2.73. The molecule has 0 saturated heterocycles. The largest absolute Gasteiger partial charge is 0.301 e. The number of hydrogen-bond acceptors (Lipinski definition) is 3. The Morgan fingerprint density at radius 3 is 2.25 bits per heavy atom. The minimum atomic E-state index is -3.78. The first-order valence-electron chi connectivity index (χ1n) is 4.80. The van der Waals surface area contributed by atoms with E-state index >= 15 is 0 Å². The van der Waals surface area contributed by atoms with E-state index in [0.717, 1.165) is 0 Å². The number of carbonyl (C=O) groups is 1. The molecule has 2 N–H and O–H groups in total. The first kappa shape index (κ1) is 12.7. The van der Waals surface area contributed by atoms with Crippen LogP contribution in [0, 0.1) is 0 Å². The van der Waals surface area contributed by atoms with Crippen LogP contribution in [-0.4, -0.2) is 20.4 Å². The molecule has 0 bridgehead atoms. The summed E-state index contributed by atoms with van der Waals surface area (Å²) in [5, 5.41) is 0. The average molecular weight is 242 g/mol. The van der Waals surface area contributed by atoms with Gasteiger partial charge in [-0.05, 0) is 26.0 Å². The Morgan fingerprint density at radius 2 is 1.75 bits per heavy atom. The molecule has 0 spiro atoms. The molecule has 1 rings (SSSR count). The van der Waals surface area contributed by atoms with Gasteiger partial charge in [0, 0.05) is 11.6 Å². The van der Waals surface area contributed by atoms with Gasteiger partial charge in [-0.25, -0.2) is 4.72 Å². The first-order chi connectivity index (χ1) is 7.41. The summed E-state index contributed by atoms with van der Waals surface area (Å²) < 4.78 is 26.9. The van der Waals surface area contributed by atoms with Crippen LogP contribution >= 0.6 is 0 Å². The summed E-state index contributed by atoms with van der Waals surface area (Å²) in [5.41, 5.74) is 0.302. The zero-order chi connectivity index (χ0) is 12.2. The van der Waals surface area contributed by atoms with Crippen LogP contribution in [0.2, 0.25) is 0 Å². The maximum Gasteiger partial charge on any atom is 0.301 e. The number of rotatable bonds is 4. The third-order valence-corrected chi connectivity index (χ3v) is 2.89. The highest BCUT2D eigenvalue weighted by Crippen LogP contribution is 1.98. The molecule has 0 radical (unpaired) electrons. The number of carbonyl (C=O) groups excluding carboxylic acids is 1. The van der Waals surface area contributed by atoms with Gasteiger partial charge >= 0.3 is 10.2 Å². The van der Waals surface area contributed by atoms with Crippen LogP contribution in [0.4, 0.5) is 0 Å². The van der Waals surface area contributed by atoms with Crippen molar-refractivity contribution in [3.05, 3.63) is 35.9 Å². The zero-order valence-corrected chi connectivity index (χ0v) is 9.91. The Hall–Kier alpha value is -1.40. The molecule has 0 saturated carbocycles. The Bertz CT molecular complexity index is 454. The number of benzene rings is 1. The molecule has 0 heterocycles. The summed E-state index contributed by atoms with van der Waals surface area (Å²) in [7, 11) is -3.78. The monoisotopic (exact) mass is 242 g/mol. The van der Waals surface area contributed by atoms with Gasteiger partial charge in [-0.3, -0.25) is 4.79 Å². The second kappa shape index (κ2) is 5.09. The summed E-state index contributed by atoms with van der Waals surface area (Å²) >= 11 is 0. The summed E-state index contributed by atoms with van der Waals surface area (Å²) in [6.07, 6.45) is 0. The molecular formula is C10H14N2O3S. The van der Waals surface area contributed by atoms with Gasteiger partial charge in [-0.1, -0.05) is 18.2 Å². The summed E-state index contributed by atoms with van der Waals surface area (Å²) in [6.45, 7) is 3.35. The second-order valence-corrected chi connectivity index (χ2v) is 5.02. The van der Waals surface area contributed by atoms with E-state index in [1.54, 1.807) is 44.2 Å². The first-order valence-corrected chi connectivity index (χ1v) is 6.28. The van der Waals surface area contributed by atoms with Crippen molar-refractivity contribution in [2.24, 2.45) is 0 Å². The third kappa shape index (κ3) is 4.00. The topological polar surface area (TPSA) is 75.3 Å². The molecule has 0 fully saturated rings. The van der Waals surface area contributed by atoms with E-state index in [2.05, 4.69) is 4.72 Å². The van der Waals surface area contributed by atoms with Crippen molar-refractivity contribution in [3.8, 4) is 0 Å². The van der Waals surface area contributed by atoms with Gasteiger partial charge in [-0.2, -0.15) is 13.1 Å². The molecule has 0 aliphatic heterocycles. The van der Waals surface area contributed by atoms with Crippen molar-refractivity contribution in [2.75, 3.05) is 0 Å². The molecule has 0 aliphatic carbocycles. The number of nitrogens with one attached hydrogen (secondary N) is 2. The van der Waals surface area contributed by atoms with Crippen LogP contribution in [0.5, 0.6) is 0 Å². The smallest absolute Gasteiger partial charge is 0.268 e. The molecule has 1 amide bonds.